The van der Waals surface area contributed by atoms with Crippen molar-refractivity contribution < 1.29 is 9.53 Å². The molecule has 1 atom stereocenters. The minimum absolute atomic E-state index is 0.0115. The number of ether oxygens (including phenoxy) is 1. The zero-order chi connectivity index (χ0) is 16.1. The standard InChI is InChI=1S/C18H20N2O2S/c21-18(16-7-4-9-19-17(16)23)20-10-8-15(11-20)13-22-12-14-5-2-1-3-6-14/h1-7,9,15H,8,10-13H2,(H,19,23)/t15-/m1/s1. The number of nitrogens with one attached hydrogen (secondary N) is 1. The van der Waals surface area contributed by atoms with Crippen molar-refractivity contribution in [1.82, 2.24) is 9.88 Å². The van der Waals surface area contributed by atoms with Crippen LogP contribution in [0.1, 0.15) is 22.3 Å². The van der Waals surface area contributed by atoms with Crippen LogP contribution in [0.5, 0.6) is 0 Å². The van der Waals surface area contributed by atoms with Crippen LogP contribution in [0.15, 0.2) is 48.7 Å². The van der Waals surface area contributed by atoms with E-state index >= 15 is 0 Å². The number of H-pyrrole nitrogens is 1. The van der Waals surface area contributed by atoms with Gasteiger partial charge in [-0.2, -0.15) is 0 Å². The van der Waals surface area contributed by atoms with Crippen LogP contribution in [0, 0.1) is 10.6 Å². The third kappa shape index (κ3) is 4.06. The van der Waals surface area contributed by atoms with Crippen molar-refractivity contribution >= 4 is 18.1 Å². The van der Waals surface area contributed by atoms with E-state index in [9.17, 15) is 4.79 Å². The molecular formula is C18H20N2O2S. The summed E-state index contributed by atoms with van der Waals surface area (Å²) in [6, 6.07) is 13.7. The molecule has 1 aliphatic heterocycles. The van der Waals surface area contributed by atoms with Gasteiger partial charge in [-0.1, -0.05) is 42.5 Å². The van der Waals surface area contributed by atoms with Crippen LogP contribution in [0.4, 0.5) is 0 Å². The number of likely N-dealkylation sites (tertiary alicyclic amines) is 1. The molecule has 0 radical (unpaired) electrons. The smallest absolute Gasteiger partial charge is 0.256 e. The normalized spacial score (nSPS) is 17.4. The van der Waals surface area contributed by atoms with Crippen molar-refractivity contribution in [1.29, 1.82) is 0 Å². The Morgan fingerprint density at radius 2 is 2.09 bits per heavy atom. The minimum atomic E-state index is 0.0115. The zero-order valence-corrected chi connectivity index (χ0v) is 13.7. The van der Waals surface area contributed by atoms with E-state index < -0.39 is 0 Å². The van der Waals surface area contributed by atoms with E-state index in [1.165, 1.54) is 5.56 Å². The van der Waals surface area contributed by atoms with E-state index in [4.69, 9.17) is 17.0 Å². The molecule has 4 nitrogen and oxygen atoms in total. The molecule has 2 heterocycles. The number of amides is 1. The summed E-state index contributed by atoms with van der Waals surface area (Å²) in [7, 11) is 0. The van der Waals surface area contributed by atoms with Gasteiger partial charge in [-0.05, 0) is 24.1 Å². The number of carbonyl (C=O) groups excluding carboxylic acids is 1. The summed E-state index contributed by atoms with van der Waals surface area (Å²) < 4.78 is 6.30. The van der Waals surface area contributed by atoms with E-state index in [1.54, 1.807) is 18.3 Å². The fourth-order valence-electron chi connectivity index (χ4n) is 2.83. The SMILES string of the molecule is O=C(c1ccc[nH]c1=S)N1CC[C@@H](COCc2ccccc2)C1. The second-order valence-corrected chi connectivity index (χ2v) is 6.23. The summed E-state index contributed by atoms with van der Waals surface area (Å²) in [6.07, 6.45) is 2.72. The van der Waals surface area contributed by atoms with Gasteiger partial charge in [0.1, 0.15) is 4.64 Å². The Morgan fingerprint density at radius 3 is 2.87 bits per heavy atom. The highest BCUT2D eigenvalue weighted by molar-refractivity contribution is 7.71. The molecule has 1 aromatic heterocycles. The third-order valence-electron chi connectivity index (χ3n) is 4.09. The Bertz CT molecular complexity index is 714. The van der Waals surface area contributed by atoms with Crippen molar-refractivity contribution in [3.8, 4) is 0 Å². The van der Waals surface area contributed by atoms with Gasteiger partial charge in [-0.15, -0.1) is 0 Å². The highest BCUT2D eigenvalue weighted by Gasteiger charge is 2.27. The van der Waals surface area contributed by atoms with E-state index in [2.05, 4.69) is 17.1 Å². The van der Waals surface area contributed by atoms with E-state index in [0.717, 1.165) is 19.5 Å². The molecule has 23 heavy (non-hydrogen) atoms. The Hall–Kier alpha value is -1.98. The topological polar surface area (TPSA) is 45.3 Å². The molecule has 0 aliphatic carbocycles. The number of rotatable bonds is 5. The fourth-order valence-corrected chi connectivity index (χ4v) is 3.05. The van der Waals surface area contributed by atoms with Crippen molar-refractivity contribution in [3.05, 3.63) is 64.4 Å². The molecule has 120 valence electrons. The summed E-state index contributed by atoms with van der Waals surface area (Å²) in [5.41, 5.74) is 1.75. The first-order valence-electron chi connectivity index (χ1n) is 7.82. The van der Waals surface area contributed by atoms with Gasteiger partial charge in [0.05, 0.1) is 18.8 Å². The lowest BCUT2D eigenvalue weighted by atomic mass is 10.1. The number of hydrogen-bond donors (Lipinski definition) is 1. The van der Waals surface area contributed by atoms with Gasteiger partial charge in [-0.3, -0.25) is 4.79 Å². The molecule has 1 fully saturated rings. The predicted molar refractivity (Wildman–Crippen MR) is 91.7 cm³/mol. The molecule has 1 saturated heterocycles. The van der Waals surface area contributed by atoms with Crippen molar-refractivity contribution in [2.75, 3.05) is 19.7 Å². The first-order chi connectivity index (χ1) is 11.2. The summed E-state index contributed by atoms with van der Waals surface area (Å²) in [6.45, 7) is 2.80. The lowest BCUT2D eigenvalue weighted by Gasteiger charge is -2.16. The maximum atomic E-state index is 12.5. The lowest BCUT2D eigenvalue weighted by molar-refractivity contribution is 0.0732. The van der Waals surface area contributed by atoms with Gasteiger partial charge in [0.15, 0.2) is 0 Å². The molecule has 2 aromatic rings. The molecule has 0 spiro atoms. The van der Waals surface area contributed by atoms with Gasteiger partial charge in [0.25, 0.3) is 5.91 Å². The lowest BCUT2D eigenvalue weighted by Crippen LogP contribution is -2.29. The molecule has 0 unspecified atom stereocenters. The quantitative estimate of drug-likeness (QED) is 0.856. The maximum Gasteiger partial charge on any atom is 0.256 e. The van der Waals surface area contributed by atoms with Crippen molar-refractivity contribution in [2.24, 2.45) is 5.92 Å². The van der Waals surface area contributed by atoms with Crippen molar-refractivity contribution in [2.45, 2.75) is 13.0 Å². The molecule has 1 aliphatic rings. The molecule has 3 rings (SSSR count). The van der Waals surface area contributed by atoms with Gasteiger partial charge >= 0.3 is 0 Å². The first-order valence-corrected chi connectivity index (χ1v) is 8.23. The highest BCUT2D eigenvalue weighted by Crippen LogP contribution is 2.19. The van der Waals surface area contributed by atoms with Gasteiger partial charge < -0.3 is 14.6 Å². The van der Waals surface area contributed by atoms with Crippen LogP contribution in [0.2, 0.25) is 0 Å². The number of carbonyl (C=O) groups is 1. The molecule has 0 saturated carbocycles. The summed E-state index contributed by atoms with van der Waals surface area (Å²) >= 11 is 5.19. The van der Waals surface area contributed by atoms with E-state index in [0.29, 0.717) is 29.3 Å². The van der Waals surface area contributed by atoms with E-state index in [-0.39, 0.29) is 5.91 Å². The summed E-state index contributed by atoms with van der Waals surface area (Å²) in [5, 5.41) is 0. The molecule has 5 heteroatoms. The average Bonchev–Trinajstić information content (AvgIpc) is 3.05. The largest absolute Gasteiger partial charge is 0.376 e. The van der Waals surface area contributed by atoms with Crippen LogP contribution >= 0.6 is 12.2 Å². The van der Waals surface area contributed by atoms with Gasteiger partial charge in [-0.25, -0.2) is 0 Å². The van der Waals surface area contributed by atoms with Crippen LogP contribution in [-0.4, -0.2) is 35.5 Å². The Kier molecular flexibility index (Phi) is 5.20. The van der Waals surface area contributed by atoms with Crippen molar-refractivity contribution in [3.63, 3.8) is 0 Å². The van der Waals surface area contributed by atoms with Crippen LogP contribution in [0.25, 0.3) is 0 Å². The molecular weight excluding hydrogens is 308 g/mol. The third-order valence-corrected chi connectivity index (χ3v) is 4.42. The number of nitrogens with zero attached hydrogens (tertiary/aromatic N) is 1. The number of benzene rings is 1. The number of aromatic nitrogens is 1. The maximum absolute atomic E-state index is 12.5. The monoisotopic (exact) mass is 328 g/mol. The van der Waals surface area contributed by atoms with Crippen LogP contribution in [0.3, 0.4) is 0 Å². The molecule has 1 amide bonds. The molecule has 1 N–H and O–H groups in total. The molecule has 0 bridgehead atoms. The van der Waals surface area contributed by atoms with Crippen LogP contribution < -0.4 is 0 Å². The number of hydrogen-bond acceptors (Lipinski definition) is 3. The first kappa shape index (κ1) is 15.9. The highest BCUT2D eigenvalue weighted by atomic mass is 32.1. The Morgan fingerprint density at radius 1 is 1.26 bits per heavy atom. The van der Waals surface area contributed by atoms with Gasteiger partial charge in [0, 0.05) is 25.2 Å². The van der Waals surface area contributed by atoms with E-state index in [1.807, 2.05) is 23.1 Å². The zero-order valence-electron chi connectivity index (χ0n) is 12.9. The molecule has 1 aromatic carbocycles. The Labute approximate surface area is 141 Å². The minimum Gasteiger partial charge on any atom is -0.376 e. The summed E-state index contributed by atoms with van der Waals surface area (Å²) in [5.74, 6) is 0.404. The summed E-state index contributed by atoms with van der Waals surface area (Å²) in [4.78, 5) is 17.3. The van der Waals surface area contributed by atoms with Gasteiger partial charge in [0.2, 0.25) is 0 Å². The average molecular weight is 328 g/mol. The van der Waals surface area contributed by atoms with Crippen LogP contribution in [-0.2, 0) is 11.3 Å². The second kappa shape index (κ2) is 7.53. The number of pyridine rings is 1. The Balaban J connectivity index is 1.50. The number of aromatic amines is 1. The second-order valence-electron chi connectivity index (χ2n) is 5.82. The fraction of sp³-hybridized carbons (Fsp3) is 0.333. The predicted octanol–water partition coefficient (Wildman–Crippen LogP) is 3.42.